The molecule has 0 fully saturated rings. The summed E-state index contributed by atoms with van der Waals surface area (Å²) in [4.78, 5) is 14.4. The Balaban J connectivity index is 2.66. The van der Waals surface area contributed by atoms with E-state index in [1.165, 1.54) is 0 Å². The molecule has 4 heteroatoms. The predicted molar refractivity (Wildman–Crippen MR) is 52.3 cm³/mol. The summed E-state index contributed by atoms with van der Waals surface area (Å²) in [5.41, 5.74) is 1.47. The van der Waals surface area contributed by atoms with E-state index >= 15 is 0 Å². The molecular weight excluding hydrogens is 182 g/mol. The maximum Gasteiger partial charge on any atom is 0.339 e. The first-order chi connectivity index (χ1) is 6.79. The summed E-state index contributed by atoms with van der Waals surface area (Å²) >= 11 is 0. The Hall–Kier alpha value is -1.29. The summed E-state index contributed by atoms with van der Waals surface area (Å²) in [5.74, 6) is -0.278. The van der Waals surface area contributed by atoms with Crippen molar-refractivity contribution in [3.63, 3.8) is 0 Å². The van der Waals surface area contributed by atoms with Crippen molar-refractivity contribution in [2.24, 2.45) is 0 Å². The molecule has 1 N–H and O–H groups in total. The molecule has 78 valence electrons. The van der Waals surface area contributed by atoms with Crippen LogP contribution in [-0.4, -0.2) is 31.3 Å². The molecule has 0 aliphatic carbocycles. The smallest absolute Gasteiger partial charge is 0.339 e. The van der Waals surface area contributed by atoms with Crippen molar-refractivity contribution in [3.05, 3.63) is 23.5 Å². The molecule has 0 saturated heterocycles. The SMILES string of the molecule is CCOC(=O)c1cc[nH]c1CCOC. The van der Waals surface area contributed by atoms with E-state index in [1.54, 1.807) is 26.3 Å². The zero-order chi connectivity index (χ0) is 10.4. The van der Waals surface area contributed by atoms with E-state index in [9.17, 15) is 4.79 Å². The molecule has 1 heterocycles. The topological polar surface area (TPSA) is 51.3 Å². The average molecular weight is 197 g/mol. The van der Waals surface area contributed by atoms with Gasteiger partial charge >= 0.3 is 5.97 Å². The lowest BCUT2D eigenvalue weighted by atomic mass is 10.2. The lowest BCUT2D eigenvalue weighted by molar-refractivity contribution is 0.0525. The van der Waals surface area contributed by atoms with Crippen LogP contribution in [0.25, 0.3) is 0 Å². The molecule has 0 bridgehead atoms. The van der Waals surface area contributed by atoms with Crippen LogP contribution in [0.1, 0.15) is 23.0 Å². The Morgan fingerprint density at radius 3 is 3.00 bits per heavy atom. The largest absolute Gasteiger partial charge is 0.462 e. The Morgan fingerprint density at radius 2 is 2.36 bits per heavy atom. The number of H-pyrrole nitrogens is 1. The van der Waals surface area contributed by atoms with Crippen LogP contribution in [0.15, 0.2) is 12.3 Å². The first kappa shape index (κ1) is 10.8. The van der Waals surface area contributed by atoms with Gasteiger partial charge in [0.2, 0.25) is 0 Å². The standard InChI is InChI=1S/C10H15NO3/c1-3-14-10(12)8-4-6-11-9(8)5-7-13-2/h4,6,11H,3,5,7H2,1-2H3. The second kappa shape index (κ2) is 5.44. The molecule has 0 radical (unpaired) electrons. The summed E-state index contributed by atoms with van der Waals surface area (Å²) in [6, 6.07) is 1.73. The third-order valence-electron chi connectivity index (χ3n) is 1.88. The number of carbonyl (C=O) groups excluding carboxylic acids is 1. The molecule has 0 spiro atoms. The Morgan fingerprint density at radius 1 is 1.57 bits per heavy atom. The van der Waals surface area contributed by atoms with Crippen LogP contribution in [0.5, 0.6) is 0 Å². The van der Waals surface area contributed by atoms with Crippen LogP contribution in [0.2, 0.25) is 0 Å². The highest BCUT2D eigenvalue weighted by atomic mass is 16.5. The van der Waals surface area contributed by atoms with Gasteiger partial charge in [0.05, 0.1) is 18.8 Å². The second-order valence-electron chi connectivity index (χ2n) is 2.83. The lowest BCUT2D eigenvalue weighted by Crippen LogP contribution is -2.08. The number of carbonyl (C=O) groups is 1. The first-order valence-corrected chi connectivity index (χ1v) is 4.62. The van der Waals surface area contributed by atoms with Crippen LogP contribution < -0.4 is 0 Å². The highest BCUT2D eigenvalue weighted by molar-refractivity contribution is 5.90. The second-order valence-corrected chi connectivity index (χ2v) is 2.83. The first-order valence-electron chi connectivity index (χ1n) is 4.62. The van der Waals surface area contributed by atoms with E-state index in [-0.39, 0.29) is 5.97 Å². The number of nitrogens with one attached hydrogen (secondary N) is 1. The van der Waals surface area contributed by atoms with Gasteiger partial charge < -0.3 is 14.5 Å². The molecule has 0 saturated carbocycles. The fraction of sp³-hybridized carbons (Fsp3) is 0.500. The van der Waals surface area contributed by atoms with Gasteiger partial charge in [-0.2, -0.15) is 0 Å². The molecule has 0 unspecified atom stereocenters. The van der Waals surface area contributed by atoms with Crippen molar-refractivity contribution in [2.75, 3.05) is 20.3 Å². The molecular formula is C10H15NO3. The number of ether oxygens (including phenoxy) is 2. The van der Waals surface area contributed by atoms with Gasteiger partial charge in [-0.05, 0) is 13.0 Å². The summed E-state index contributed by atoms with van der Waals surface area (Å²) in [5, 5.41) is 0. The molecule has 14 heavy (non-hydrogen) atoms. The van der Waals surface area contributed by atoms with E-state index < -0.39 is 0 Å². The highest BCUT2D eigenvalue weighted by Crippen LogP contribution is 2.09. The van der Waals surface area contributed by atoms with Gasteiger partial charge in [0.25, 0.3) is 0 Å². The zero-order valence-corrected chi connectivity index (χ0v) is 8.50. The fourth-order valence-corrected chi connectivity index (χ4v) is 1.21. The molecule has 1 rings (SSSR count). The quantitative estimate of drug-likeness (QED) is 0.725. The Bertz CT molecular complexity index is 293. The normalized spacial score (nSPS) is 10.1. The summed E-state index contributed by atoms with van der Waals surface area (Å²) in [6.45, 7) is 2.78. The van der Waals surface area contributed by atoms with Crippen LogP contribution in [-0.2, 0) is 15.9 Å². The Labute approximate surface area is 83.2 Å². The van der Waals surface area contributed by atoms with Crippen molar-refractivity contribution in [3.8, 4) is 0 Å². The van der Waals surface area contributed by atoms with E-state index in [0.717, 1.165) is 5.69 Å². The number of aromatic nitrogens is 1. The molecule has 0 aliphatic heterocycles. The monoisotopic (exact) mass is 197 g/mol. The molecule has 0 amide bonds. The van der Waals surface area contributed by atoms with Gasteiger partial charge in [-0.3, -0.25) is 0 Å². The lowest BCUT2D eigenvalue weighted by Gasteiger charge is -2.03. The minimum absolute atomic E-state index is 0.278. The molecule has 0 aromatic carbocycles. The maximum atomic E-state index is 11.4. The number of hydrogen-bond donors (Lipinski definition) is 1. The van der Waals surface area contributed by atoms with Crippen molar-refractivity contribution >= 4 is 5.97 Å². The van der Waals surface area contributed by atoms with Gasteiger partial charge in [-0.15, -0.1) is 0 Å². The van der Waals surface area contributed by atoms with Gasteiger partial charge in [0, 0.05) is 25.4 Å². The van der Waals surface area contributed by atoms with Crippen LogP contribution in [0.4, 0.5) is 0 Å². The number of aromatic amines is 1. The minimum atomic E-state index is -0.278. The van der Waals surface area contributed by atoms with Gasteiger partial charge in [-0.25, -0.2) is 4.79 Å². The molecule has 0 atom stereocenters. The predicted octanol–water partition coefficient (Wildman–Crippen LogP) is 1.38. The third kappa shape index (κ3) is 2.60. The number of hydrogen-bond acceptors (Lipinski definition) is 3. The van der Waals surface area contributed by atoms with E-state index in [1.807, 2.05) is 0 Å². The third-order valence-corrected chi connectivity index (χ3v) is 1.88. The summed E-state index contributed by atoms with van der Waals surface area (Å²) in [7, 11) is 1.63. The molecule has 0 aliphatic rings. The number of rotatable bonds is 5. The minimum Gasteiger partial charge on any atom is -0.462 e. The van der Waals surface area contributed by atoms with Gasteiger partial charge in [0.1, 0.15) is 0 Å². The molecule has 4 nitrogen and oxygen atoms in total. The van der Waals surface area contributed by atoms with E-state index in [2.05, 4.69) is 4.98 Å². The van der Waals surface area contributed by atoms with Crippen LogP contribution >= 0.6 is 0 Å². The molecule has 1 aromatic heterocycles. The Kier molecular flexibility index (Phi) is 4.19. The van der Waals surface area contributed by atoms with E-state index in [4.69, 9.17) is 9.47 Å². The molecule has 1 aromatic rings. The van der Waals surface area contributed by atoms with Gasteiger partial charge in [0.15, 0.2) is 0 Å². The summed E-state index contributed by atoms with van der Waals surface area (Å²) < 4.78 is 9.84. The van der Waals surface area contributed by atoms with Crippen molar-refractivity contribution in [2.45, 2.75) is 13.3 Å². The van der Waals surface area contributed by atoms with Gasteiger partial charge in [-0.1, -0.05) is 0 Å². The summed E-state index contributed by atoms with van der Waals surface area (Å²) in [6.07, 6.45) is 2.43. The fourth-order valence-electron chi connectivity index (χ4n) is 1.21. The number of esters is 1. The average Bonchev–Trinajstić information content (AvgIpc) is 2.63. The van der Waals surface area contributed by atoms with Crippen LogP contribution in [0.3, 0.4) is 0 Å². The van der Waals surface area contributed by atoms with E-state index in [0.29, 0.717) is 25.2 Å². The maximum absolute atomic E-state index is 11.4. The van der Waals surface area contributed by atoms with Crippen LogP contribution in [0, 0.1) is 0 Å². The highest BCUT2D eigenvalue weighted by Gasteiger charge is 2.12. The van der Waals surface area contributed by atoms with Crippen molar-refractivity contribution in [1.29, 1.82) is 0 Å². The number of methoxy groups -OCH3 is 1. The van der Waals surface area contributed by atoms with Crippen molar-refractivity contribution in [1.82, 2.24) is 4.98 Å². The zero-order valence-electron chi connectivity index (χ0n) is 8.50. The van der Waals surface area contributed by atoms with Crippen molar-refractivity contribution < 1.29 is 14.3 Å².